The average Bonchev–Trinajstić information content (AvgIpc) is 2.61. The van der Waals surface area contributed by atoms with Crippen molar-refractivity contribution < 1.29 is 4.74 Å². The van der Waals surface area contributed by atoms with Gasteiger partial charge in [-0.2, -0.15) is 0 Å². The van der Waals surface area contributed by atoms with Crippen molar-refractivity contribution in [1.29, 1.82) is 0 Å². The lowest BCUT2D eigenvalue weighted by Gasteiger charge is -2.21. The summed E-state index contributed by atoms with van der Waals surface area (Å²) >= 11 is 0. The first kappa shape index (κ1) is 24.9. The maximum absolute atomic E-state index is 6.29. The van der Waals surface area contributed by atoms with Gasteiger partial charge in [0.15, 0.2) is 0 Å². The molecule has 0 spiro atoms. The Kier molecular flexibility index (Phi) is 17.2. The number of hydrogen-bond donors (Lipinski definition) is 2. The summed E-state index contributed by atoms with van der Waals surface area (Å²) in [4.78, 5) is 0. The van der Waals surface area contributed by atoms with Gasteiger partial charge in [-0.05, 0) is 37.5 Å². The third-order valence-electron chi connectivity index (χ3n) is 5.62. The fourth-order valence-electron chi connectivity index (χ4n) is 3.63. The molecule has 0 heterocycles. The third-order valence-corrected chi connectivity index (χ3v) is 5.62. The van der Waals surface area contributed by atoms with Crippen LogP contribution >= 0.6 is 0 Å². The monoisotopic (exact) mass is 356 g/mol. The van der Waals surface area contributed by atoms with Gasteiger partial charge in [0.1, 0.15) is 0 Å². The van der Waals surface area contributed by atoms with Crippen LogP contribution in [-0.2, 0) is 4.74 Å². The molecule has 3 nitrogen and oxygen atoms in total. The third kappa shape index (κ3) is 14.7. The largest absolute Gasteiger partial charge is 0.381 e. The Morgan fingerprint density at radius 2 is 1.04 bits per heavy atom. The number of unbranched alkanes of at least 4 members (excludes halogenated alkanes) is 2. The predicted molar refractivity (Wildman–Crippen MR) is 112 cm³/mol. The van der Waals surface area contributed by atoms with Crippen LogP contribution in [-0.4, -0.2) is 25.3 Å². The highest BCUT2D eigenvalue weighted by Crippen LogP contribution is 2.20. The Balaban J connectivity index is 3.72. The van der Waals surface area contributed by atoms with Crippen LogP contribution in [0.1, 0.15) is 105 Å². The van der Waals surface area contributed by atoms with E-state index in [9.17, 15) is 0 Å². The number of nitrogens with two attached hydrogens (primary N) is 2. The molecular weight excluding hydrogens is 308 g/mol. The van der Waals surface area contributed by atoms with E-state index in [0.717, 1.165) is 50.7 Å². The van der Waals surface area contributed by atoms with Gasteiger partial charge in [-0.3, -0.25) is 0 Å². The van der Waals surface area contributed by atoms with Crippen molar-refractivity contribution >= 4 is 0 Å². The molecule has 0 aliphatic heterocycles. The summed E-state index contributed by atoms with van der Waals surface area (Å²) in [6.07, 6.45) is 14.6. The molecule has 4 atom stereocenters. The van der Waals surface area contributed by atoms with Gasteiger partial charge in [0.25, 0.3) is 0 Å². The van der Waals surface area contributed by atoms with E-state index in [1.807, 2.05) is 0 Å². The van der Waals surface area contributed by atoms with Gasteiger partial charge in [0.05, 0.1) is 0 Å². The van der Waals surface area contributed by atoms with Crippen molar-refractivity contribution in [3.05, 3.63) is 0 Å². The molecule has 0 bridgehead atoms. The molecule has 0 saturated heterocycles. The lowest BCUT2D eigenvalue weighted by atomic mass is 9.91. The van der Waals surface area contributed by atoms with Crippen molar-refractivity contribution in [2.24, 2.45) is 23.3 Å². The van der Waals surface area contributed by atoms with Gasteiger partial charge in [-0.15, -0.1) is 0 Å². The quantitative estimate of drug-likeness (QED) is 0.312. The molecule has 0 radical (unpaired) electrons. The summed E-state index contributed by atoms with van der Waals surface area (Å²) in [6.45, 7) is 10.7. The molecule has 0 aromatic carbocycles. The Morgan fingerprint density at radius 3 is 1.36 bits per heavy atom. The van der Waals surface area contributed by atoms with E-state index in [1.165, 1.54) is 51.4 Å². The summed E-state index contributed by atoms with van der Waals surface area (Å²) in [6, 6.07) is 0.572. The van der Waals surface area contributed by atoms with Crippen LogP contribution in [0.5, 0.6) is 0 Å². The molecule has 0 aromatic heterocycles. The van der Waals surface area contributed by atoms with Gasteiger partial charge < -0.3 is 16.2 Å². The van der Waals surface area contributed by atoms with Crippen molar-refractivity contribution in [2.45, 2.75) is 117 Å². The van der Waals surface area contributed by atoms with Crippen LogP contribution < -0.4 is 11.5 Å². The molecule has 0 aliphatic rings. The zero-order chi connectivity index (χ0) is 18.9. The summed E-state index contributed by atoms with van der Waals surface area (Å²) in [5.74, 6) is 1.58. The smallest absolute Gasteiger partial charge is 0.0480 e. The van der Waals surface area contributed by atoms with Crippen molar-refractivity contribution in [2.75, 3.05) is 13.2 Å². The second kappa shape index (κ2) is 17.3. The Hall–Kier alpha value is -0.120. The summed E-state index contributed by atoms with van der Waals surface area (Å²) < 4.78 is 5.81. The van der Waals surface area contributed by atoms with Gasteiger partial charge in [0.2, 0.25) is 0 Å². The minimum Gasteiger partial charge on any atom is -0.381 e. The zero-order valence-corrected chi connectivity index (χ0v) is 17.8. The Labute approximate surface area is 158 Å². The van der Waals surface area contributed by atoms with E-state index < -0.39 is 0 Å². The van der Waals surface area contributed by atoms with Crippen LogP contribution in [0, 0.1) is 11.8 Å². The molecule has 0 fully saturated rings. The van der Waals surface area contributed by atoms with Crippen LogP contribution in [0.4, 0.5) is 0 Å². The molecule has 0 aliphatic carbocycles. The topological polar surface area (TPSA) is 61.3 Å². The summed E-state index contributed by atoms with van der Waals surface area (Å²) in [5, 5.41) is 0. The Morgan fingerprint density at radius 1 is 0.640 bits per heavy atom. The van der Waals surface area contributed by atoms with Crippen LogP contribution in [0.3, 0.4) is 0 Å². The molecule has 0 rings (SSSR count). The highest BCUT2D eigenvalue weighted by molar-refractivity contribution is 4.69. The lowest BCUT2D eigenvalue weighted by Crippen LogP contribution is -2.27. The number of hydrogen-bond acceptors (Lipinski definition) is 3. The van der Waals surface area contributed by atoms with Gasteiger partial charge in [-0.1, -0.05) is 79.1 Å². The first-order valence-electron chi connectivity index (χ1n) is 11.2. The first-order valence-corrected chi connectivity index (χ1v) is 11.2. The van der Waals surface area contributed by atoms with E-state index in [1.54, 1.807) is 0 Å². The van der Waals surface area contributed by atoms with Crippen molar-refractivity contribution in [3.8, 4) is 0 Å². The lowest BCUT2D eigenvalue weighted by molar-refractivity contribution is 0.116. The maximum Gasteiger partial charge on any atom is 0.0480 e. The van der Waals surface area contributed by atoms with E-state index in [2.05, 4.69) is 27.7 Å². The van der Waals surface area contributed by atoms with E-state index >= 15 is 0 Å². The fourth-order valence-corrected chi connectivity index (χ4v) is 3.63. The minimum absolute atomic E-state index is 0.286. The zero-order valence-electron chi connectivity index (χ0n) is 17.8. The molecule has 0 saturated carbocycles. The van der Waals surface area contributed by atoms with Crippen LogP contribution in [0.15, 0.2) is 0 Å². The summed E-state index contributed by atoms with van der Waals surface area (Å²) in [5.41, 5.74) is 12.6. The average molecular weight is 357 g/mol. The molecular formula is C22H48N2O. The molecule has 0 amide bonds. The molecule has 0 aromatic rings. The SMILES string of the molecule is CCCCC(CC)CC(N)CCOCCC(N)CC(CC)CCCC. The van der Waals surface area contributed by atoms with Gasteiger partial charge in [0, 0.05) is 25.3 Å². The molecule has 4 N–H and O–H groups in total. The highest BCUT2D eigenvalue weighted by atomic mass is 16.5. The molecule has 152 valence electrons. The van der Waals surface area contributed by atoms with E-state index in [4.69, 9.17) is 16.2 Å². The Bertz CT molecular complexity index is 247. The van der Waals surface area contributed by atoms with Crippen molar-refractivity contribution in [3.63, 3.8) is 0 Å². The predicted octanol–water partition coefficient (Wildman–Crippen LogP) is 5.65. The van der Waals surface area contributed by atoms with E-state index in [0.29, 0.717) is 0 Å². The van der Waals surface area contributed by atoms with Gasteiger partial charge in [-0.25, -0.2) is 0 Å². The van der Waals surface area contributed by atoms with Crippen molar-refractivity contribution in [1.82, 2.24) is 0 Å². The molecule has 25 heavy (non-hydrogen) atoms. The highest BCUT2D eigenvalue weighted by Gasteiger charge is 2.13. The molecule has 3 heteroatoms. The minimum atomic E-state index is 0.286. The summed E-state index contributed by atoms with van der Waals surface area (Å²) in [7, 11) is 0. The fraction of sp³-hybridized carbons (Fsp3) is 1.00. The van der Waals surface area contributed by atoms with Gasteiger partial charge >= 0.3 is 0 Å². The standard InChI is InChI=1S/C22H48N2O/c1-5-9-11-19(7-3)17-21(23)13-15-25-16-14-22(24)18-20(8-4)12-10-6-2/h19-22H,5-18,23-24H2,1-4H3. The molecule has 4 unspecified atom stereocenters. The number of ether oxygens (including phenoxy) is 1. The maximum atomic E-state index is 6.29. The van der Waals surface area contributed by atoms with Crippen LogP contribution in [0.2, 0.25) is 0 Å². The normalized spacial score (nSPS) is 16.6. The second-order valence-electron chi connectivity index (χ2n) is 8.01. The number of rotatable bonds is 18. The van der Waals surface area contributed by atoms with E-state index in [-0.39, 0.29) is 12.1 Å². The first-order chi connectivity index (χ1) is 12.1. The second-order valence-corrected chi connectivity index (χ2v) is 8.01. The van der Waals surface area contributed by atoms with Crippen LogP contribution in [0.25, 0.3) is 0 Å².